The van der Waals surface area contributed by atoms with Crippen LogP contribution in [0, 0.1) is 11.3 Å². The Morgan fingerprint density at radius 3 is 2.42 bits per heavy atom. The first kappa shape index (κ1) is 14.0. The van der Waals surface area contributed by atoms with E-state index in [-0.39, 0.29) is 12.3 Å². The first-order valence-corrected chi connectivity index (χ1v) is 7.76. The van der Waals surface area contributed by atoms with Crippen LogP contribution >= 0.6 is 0 Å². The smallest absolute Gasteiger partial charge is 0.215 e. The molecule has 5 nitrogen and oxygen atoms in total. The summed E-state index contributed by atoms with van der Waals surface area (Å²) < 4.78 is 26.1. The van der Waals surface area contributed by atoms with Crippen molar-refractivity contribution in [2.45, 2.75) is 30.6 Å². The maximum absolute atomic E-state index is 11.9. The number of hydrogen-bond donors (Lipinski definition) is 2. The van der Waals surface area contributed by atoms with Crippen LogP contribution in [0.4, 0.5) is 0 Å². The molecule has 0 spiro atoms. The molecule has 19 heavy (non-hydrogen) atoms. The van der Waals surface area contributed by atoms with E-state index in [1.54, 1.807) is 24.3 Å². The molecule has 0 amide bonds. The maximum Gasteiger partial charge on any atom is 0.215 e. The quantitative estimate of drug-likeness (QED) is 0.838. The number of nitrogens with zero attached hydrogens (tertiary/aromatic N) is 1. The lowest BCUT2D eigenvalue weighted by atomic mass is 9.81. The molecule has 0 radical (unpaired) electrons. The summed E-state index contributed by atoms with van der Waals surface area (Å²) >= 11 is 0. The minimum atomic E-state index is -3.46. The summed E-state index contributed by atoms with van der Waals surface area (Å²) in [5, 5.41) is 18.5. The average molecular weight is 280 g/mol. The molecule has 1 aliphatic carbocycles. The highest BCUT2D eigenvalue weighted by Crippen LogP contribution is 2.30. The van der Waals surface area contributed by atoms with E-state index >= 15 is 0 Å². The van der Waals surface area contributed by atoms with Gasteiger partial charge in [-0.3, -0.25) is 0 Å². The van der Waals surface area contributed by atoms with Crippen LogP contribution in [-0.2, 0) is 15.8 Å². The van der Waals surface area contributed by atoms with Gasteiger partial charge in [-0.1, -0.05) is 12.1 Å². The zero-order valence-electron chi connectivity index (χ0n) is 10.5. The summed E-state index contributed by atoms with van der Waals surface area (Å²) in [6, 6.07) is 8.40. The van der Waals surface area contributed by atoms with Crippen molar-refractivity contribution in [2.75, 3.05) is 6.54 Å². The first-order valence-electron chi connectivity index (χ1n) is 6.11. The minimum absolute atomic E-state index is 0.0750. The topological polar surface area (TPSA) is 90.2 Å². The molecule has 102 valence electrons. The largest absolute Gasteiger partial charge is 0.389 e. The van der Waals surface area contributed by atoms with E-state index in [0.717, 1.165) is 6.42 Å². The van der Waals surface area contributed by atoms with Gasteiger partial charge in [0.25, 0.3) is 0 Å². The molecule has 0 saturated heterocycles. The number of nitriles is 1. The van der Waals surface area contributed by atoms with Crippen LogP contribution in [0.3, 0.4) is 0 Å². The van der Waals surface area contributed by atoms with Gasteiger partial charge in [0.1, 0.15) is 0 Å². The molecular formula is C13H16N2O3S. The van der Waals surface area contributed by atoms with Gasteiger partial charge < -0.3 is 5.11 Å². The highest BCUT2D eigenvalue weighted by molar-refractivity contribution is 7.88. The van der Waals surface area contributed by atoms with Crippen LogP contribution in [0.1, 0.15) is 30.4 Å². The molecule has 1 aliphatic rings. The van der Waals surface area contributed by atoms with Crippen molar-refractivity contribution in [1.29, 1.82) is 5.26 Å². The molecule has 6 heteroatoms. The fourth-order valence-electron chi connectivity index (χ4n) is 1.95. The van der Waals surface area contributed by atoms with Crippen molar-refractivity contribution in [1.82, 2.24) is 4.72 Å². The van der Waals surface area contributed by atoms with Gasteiger partial charge in [0.2, 0.25) is 10.0 Å². The van der Waals surface area contributed by atoms with Gasteiger partial charge in [0.15, 0.2) is 0 Å². The molecule has 0 heterocycles. The fraction of sp³-hybridized carbons (Fsp3) is 0.462. The van der Waals surface area contributed by atoms with Crippen LogP contribution in [-0.4, -0.2) is 25.7 Å². The molecule has 1 aromatic carbocycles. The van der Waals surface area contributed by atoms with E-state index in [1.807, 2.05) is 6.07 Å². The summed E-state index contributed by atoms with van der Waals surface area (Å²) in [5.74, 6) is -0.144. The van der Waals surface area contributed by atoms with E-state index in [2.05, 4.69) is 4.72 Å². The Labute approximate surface area is 112 Å². The van der Waals surface area contributed by atoms with Gasteiger partial charge in [-0.2, -0.15) is 5.26 Å². The van der Waals surface area contributed by atoms with Crippen molar-refractivity contribution in [2.24, 2.45) is 0 Å². The number of aliphatic hydroxyl groups is 1. The number of hydrogen-bond acceptors (Lipinski definition) is 4. The third kappa shape index (κ3) is 3.77. The predicted octanol–water partition coefficient (Wildman–Crippen LogP) is 0.893. The average Bonchev–Trinajstić information content (AvgIpc) is 2.35. The Hall–Kier alpha value is -1.42. The fourth-order valence-corrected chi connectivity index (χ4v) is 3.17. The summed E-state index contributed by atoms with van der Waals surface area (Å²) in [4.78, 5) is 0. The normalized spacial score (nSPS) is 17.5. The van der Waals surface area contributed by atoms with E-state index < -0.39 is 15.6 Å². The standard InChI is InChI=1S/C13H16N2O3S/c14-8-11-2-4-12(5-3-11)9-19(17,18)15-10-13(16)6-1-7-13/h2-5,15-16H,1,6-7,9-10H2. The Kier molecular flexibility index (Phi) is 3.90. The summed E-state index contributed by atoms with van der Waals surface area (Å²) in [6.07, 6.45) is 2.23. The molecule has 1 fully saturated rings. The second-order valence-corrected chi connectivity index (χ2v) is 6.77. The van der Waals surface area contributed by atoms with Crippen LogP contribution in [0.25, 0.3) is 0 Å². The molecule has 0 bridgehead atoms. The SMILES string of the molecule is N#Cc1ccc(CS(=O)(=O)NCC2(O)CCC2)cc1. The van der Waals surface area contributed by atoms with E-state index in [1.165, 1.54) is 0 Å². The van der Waals surface area contributed by atoms with Gasteiger partial charge in [0, 0.05) is 6.54 Å². The molecular weight excluding hydrogens is 264 g/mol. The third-order valence-electron chi connectivity index (χ3n) is 3.35. The zero-order chi connectivity index (χ0) is 13.9. The number of nitrogens with one attached hydrogen (secondary N) is 1. The Morgan fingerprint density at radius 2 is 1.95 bits per heavy atom. The summed E-state index contributed by atoms with van der Waals surface area (Å²) in [6.45, 7) is 0.0750. The van der Waals surface area contributed by atoms with Crippen LogP contribution in [0.5, 0.6) is 0 Å². The van der Waals surface area contributed by atoms with Gasteiger partial charge >= 0.3 is 0 Å². The van der Waals surface area contributed by atoms with Crippen molar-refractivity contribution >= 4 is 10.0 Å². The monoisotopic (exact) mass is 280 g/mol. The molecule has 0 unspecified atom stereocenters. The molecule has 1 aromatic rings. The van der Waals surface area contributed by atoms with Crippen LogP contribution in [0.2, 0.25) is 0 Å². The Morgan fingerprint density at radius 1 is 1.32 bits per heavy atom. The molecule has 2 rings (SSSR count). The Bertz CT molecular complexity index is 583. The van der Waals surface area contributed by atoms with Crippen molar-refractivity contribution in [3.8, 4) is 6.07 Å². The third-order valence-corrected chi connectivity index (χ3v) is 4.64. The molecule has 0 aliphatic heterocycles. The maximum atomic E-state index is 11.9. The highest BCUT2D eigenvalue weighted by atomic mass is 32.2. The van der Waals surface area contributed by atoms with Crippen molar-refractivity contribution in [3.63, 3.8) is 0 Å². The second-order valence-electron chi connectivity index (χ2n) is 4.97. The van der Waals surface area contributed by atoms with Gasteiger partial charge in [-0.15, -0.1) is 0 Å². The summed E-state index contributed by atoms with van der Waals surface area (Å²) in [5.41, 5.74) is 0.252. The van der Waals surface area contributed by atoms with Crippen LogP contribution in [0.15, 0.2) is 24.3 Å². The number of benzene rings is 1. The van der Waals surface area contributed by atoms with Gasteiger partial charge in [-0.05, 0) is 37.0 Å². The van der Waals surface area contributed by atoms with Crippen molar-refractivity contribution < 1.29 is 13.5 Å². The molecule has 0 atom stereocenters. The summed E-state index contributed by atoms with van der Waals surface area (Å²) in [7, 11) is -3.46. The van der Waals surface area contributed by atoms with Gasteiger partial charge in [-0.25, -0.2) is 13.1 Å². The van der Waals surface area contributed by atoms with Gasteiger partial charge in [0.05, 0.1) is 23.0 Å². The minimum Gasteiger partial charge on any atom is -0.389 e. The predicted molar refractivity (Wildman–Crippen MR) is 70.6 cm³/mol. The number of rotatable bonds is 5. The first-order chi connectivity index (χ1) is 8.92. The second kappa shape index (κ2) is 5.29. The van der Waals surface area contributed by atoms with Crippen molar-refractivity contribution in [3.05, 3.63) is 35.4 Å². The van der Waals surface area contributed by atoms with E-state index in [0.29, 0.717) is 24.0 Å². The van der Waals surface area contributed by atoms with Crippen LogP contribution < -0.4 is 4.72 Å². The lowest BCUT2D eigenvalue weighted by Crippen LogP contribution is -2.47. The van der Waals surface area contributed by atoms with E-state index in [4.69, 9.17) is 5.26 Å². The lowest BCUT2D eigenvalue weighted by Gasteiger charge is -2.36. The molecule has 2 N–H and O–H groups in total. The molecule has 1 saturated carbocycles. The highest BCUT2D eigenvalue weighted by Gasteiger charge is 2.35. The molecule has 0 aromatic heterocycles. The lowest BCUT2D eigenvalue weighted by molar-refractivity contribution is -0.0271. The van der Waals surface area contributed by atoms with E-state index in [9.17, 15) is 13.5 Å². The Balaban J connectivity index is 1.94. The number of sulfonamides is 1. The zero-order valence-corrected chi connectivity index (χ0v) is 11.3.